The first-order valence-corrected chi connectivity index (χ1v) is 21.5. The van der Waals surface area contributed by atoms with Crippen molar-refractivity contribution in [3.8, 4) is 39.1 Å². The van der Waals surface area contributed by atoms with E-state index < -0.39 is 0 Å². The third-order valence-corrected chi connectivity index (χ3v) is 13.9. The fraction of sp³-hybridized carbons (Fsp3) is 0. The van der Waals surface area contributed by atoms with Crippen LogP contribution in [-0.2, 0) is 0 Å². The van der Waals surface area contributed by atoms with Gasteiger partial charge in [-0.1, -0.05) is 182 Å². The summed E-state index contributed by atoms with van der Waals surface area (Å²) in [5.41, 5.74) is 11.3. The third kappa shape index (κ3) is 4.80. The van der Waals surface area contributed by atoms with E-state index in [1.807, 2.05) is 11.3 Å². The maximum atomic E-state index is 2.49. The molecule has 2 heterocycles. The molecule has 13 aromatic rings. The number of aromatic nitrogens is 1. The van der Waals surface area contributed by atoms with Gasteiger partial charge in [0.25, 0.3) is 0 Å². The summed E-state index contributed by atoms with van der Waals surface area (Å²) in [5, 5.41) is 15.3. The van der Waals surface area contributed by atoms with Crippen LogP contribution in [0.4, 0.5) is 0 Å². The summed E-state index contributed by atoms with van der Waals surface area (Å²) in [6, 6.07) is 78.6. The first-order chi connectivity index (χ1) is 29.8. The SMILES string of the molecule is c1ccc(-c2c3ccccc3c(-c3ccc4sc5cc(-c6c7ccccc7c(-n7c8ccccc8c8ccccc87)c7ccccc67)ccc5c4c3)c3ccccc23)cc1. The summed E-state index contributed by atoms with van der Waals surface area (Å²) in [6.45, 7) is 0. The van der Waals surface area contributed by atoms with E-state index in [0.717, 1.165) is 0 Å². The second kappa shape index (κ2) is 13.0. The Bertz CT molecular complexity index is 3720. The molecule has 1 nitrogen and oxygen atoms in total. The lowest BCUT2D eigenvalue weighted by molar-refractivity contribution is 1.21. The molecular weight excluding hydrogens is 743 g/mol. The van der Waals surface area contributed by atoms with E-state index in [1.54, 1.807) is 0 Å². The quantitative estimate of drug-likeness (QED) is 0.157. The van der Waals surface area contributed by atoms with E-state index in [9.17, 15) is 0 Å². The second-order valence-electron chi connectivity index (χ2n) is 15.9. The Labute approximate surface area is 350 Å². The summed E-state index contributed by atoms with van der Waals surface area (Å²) < 4.78 is 5.10. The number of benzene rings is 11. The lowest BCUT2D eigenvalue weighted by atomic mass is 9.86. The van der Waals surface area contributed by atoms with Crippen LogP contribution in [0.15, 0.2) is 212 Å². The van der Waals surface area contributed by atoms with Gasteiger partial charge in [-0.25, -0.2) is 0 Å². The highest BCUT2D eigenvalue weighted by Gasteiger charge is 2.22. The molecule has 0 atom stereocenters. The summed E-state index contributed by atoms with van der Waals surface area (Å²) in [4.78, 5) is 0. The van der Waals surface area contributed by atoms with E-state index >= 15 is 0 Å². The molecule has 278 valence electrons. The Morgan fingerprint density at radius 3 is 1.18 bits per heavy atom. The summed E-state index contributed by atoms with van der Waals surface area (Å²) in [5.74, 6) is 0. The number of nitrogens with zero attached hydrogens (tertiary/aromatic N) is 1. The van der Waals surface area contributed by atoms with E-state index in [-0.39, 0.29) is 0 Å². The fourth-order valence-corrected chi connectivity index (χ4v) is 11.4. The Morgan fingerprint density at radius 2 is 0.650 bits per heavy atom. The van der Waals surface area contributed by atoms with E-state index in [1.165, 1.54) is 124 Å². The van der Waals surface area contributed by atoms with Crippen molar-refractivity contribution in [1.82, 2.24) is 4.57 Å². The number of thiophene rings is 1. The van der Waals surface area contributed by atoms with Crippen LogP contribution in [0.25, 0.3) is 124 Å². The van der Waals surface area contributed by atoms with Gasteiger partial charge in [-0.2, -0.15) is 0 Å². The largest absolute Gasteiger partial charge is 0.308 e. The minimum atomic E-state index is 1.22. The lowest BCUT2D eigenvalue weighted by Gasteiger charge is -2.19. The van der Waals surface area contributed by atoms with Crippen LogP contribution < -0.4 is 0 Å². The first kappa shape index (κ1) is 33.5. The van der Waals surface area contributed by atoms with Crippen molar-refractivity contribution < 1.29 is 0 Å². The zero-order valence-corrected chi connectivity index (χ0v) is 33.4. The fourth-order valence-electron chi connectivity index (χ4n) is 10.3. The Balaban J connectivity index is 1.03. The zero-order chi connectivity index (χ0) is 39.3. The van der Waals surface area contributed by atoms with Gasteiger partial charge < -0.3 is 4.57 Å². The topological polar surface area (TPSA) is 4.93 Å². The van der Waals surface area contributed by atoms with E-state index in [0.29, 0.717) is 0 Å². The maximum absolute atomic E-state index is 2.49. The van der Waals surface area contributed by atoms with Crippen molar-refractivity contribution in [1.29, 1.82) is 0 Å². The molecule has 11 aromatic carbocycles. The van der Waals surface area contributed by atoms with Gasteiger partial charge in [0.15, 0.2) is 0 Å². The van der Waals surface area contributed by atoms with Gasteiger partial charge in [-0.15, -0.1) is 11.3 Å². The molecule has 0 aliphatic rings. The number of fused-ring (bicyclic) bond motifs is 10. The van der Waals surface area contributed by atoms with Crippen LogP contribution in [0.2, 0.25) is 0 Å². The molecule has 0 saturated heterocycles. The highest BCUT2D eigenvalue weighted by Crippen LogP contribution is 2.48. The standard InChI is InChI=1S/C58H35NS/c1-2-16-36(17-3-1)55-42-20-4-6-22-44(42)56(45-23-7-5-21-43(45)55)37-31-33-53-50(34-37)41-32-30-38(35-54(41)60-53)57-46-24-8-10-26-48(46)58(49-27-11-9-25-47(49)57)59-51-28-14-12-18-39(51)40-19-13-15-29-52(40)59/h1-35H. The van der Waals surface area contributed by atoms with Gasteiger partial charge in [-0.3, -0.25) is 0 Å². The average molecular weight is 778 g/mol. The van der Waals surface area contributed by atoms with Crippen LogP contribution in [0.5, 0.6) is 0 Å². The molecule has 0 saturated carbocycles. The van der Waals surface area contributed by atoms with E-state index in [2.05, 4.69) is 217 Å². The van der Waals surface area contributed by atoms with Crippen molar-refractivity contribution in [2.24, 2.45) is 0 Å². The molecular formula is C58H35NS. The number of para-hydroxylation sites is 2. The smallest absolute Gasteiger partial charge is 0.0619 e. The third-order valence-electron chi connectivity index (χ3n) is 12.7. The summed E-state index contributed by atoms with van der Waals surface area (Å²) >= 11 is 1.89. The number of hydrogen-bond acceptors (Lipinski definition) is 1. The van der Waals surface area contributed by atoms with Gasteiger partial charge in [0, 0.05) is 41.7 Å². The average Bonchev–Trinajstić information content (AvgIpc) is 3.85. The minimum Gasteiger partial charge on any atom is -0.308 e. The van der Waals surface area contributed by atoms with Crippen LogP contribution in [0, 0.1) is 0 Å². The van der Waals surface area contributed by atoms with Gasteiger partial charge in [-0.05, 0) is 96.0 Å². The molecule has 60 heavy (non-hydrogen) atoms. The minimum absolute atomic E-state index is 1.22. The molecule has 2 heteroatoms. The molecule has 0 unspecified atom stereocenters. The van der Waals surface area contributed by atoms with Crippen LogP contribution in [-0.4, -0.2) is 4.57 Å². The molecule has 13 rings (SSSR count). The van der Waals surface area contributed by atoms with Gasteiger partial charge >= 0.3 is 0 Å². The molecule has 0 fully saturated rings. The number of rotatable bonds is 4. The zero-order valence-electron chi connectivity index (χ0n) is 32.6. The van der Waals surface area contributed by atoms with Crippen LogP contribution >= 0.6 is 11.3 Å². The molecule has 0 N–H and O–H groups in total. The van der Waals surface area contributed by atoms with E-state index in [4.69, 9.17) is 0 Å². The molecule has 0 aliphatic carbocycles. The predicted octanol–water partition coefficient (Wildman–Crippen LogP) is 16.8. The lowest BCUT2D eigenvalue weighted by Crippen LogP contribution is -1.99. The first-order valence-electron chi connectivity index (χ1n) is 20.7. The Kier molecular flexibility index (Phi) is 7.24. The predicted molar refractivity (Wildman–Crippen MR) is 260 cm³/mol. The Morgan fingerprint density at radius 1 is 0.250 bits per heavy atom. The highest BCUT2D eigenvalue weighted by atomic mass is 32.1. The summed E-state index contributed by atoms with van der Waals surface area (Å²) in [6.07, 6.45) is 0. The molecule has 0 spiro atoms. The monoisotopic (exact) mass is 777 g/mol. The number of hydrogen-bond donors (Lipinski definition) is 0. The Hall–Kier alpha value is -7.52. The normalized spacial score (nSPS) is 12.0. The van der Waals surface area contributed by atoms with Crippen molar-refractivity contribution in [3.63, 3.8) is 0 Å². The maximum Gasteiger partial charge on any atom is 0.0619 e. The van der Waals surface area contributed by atoms with Crippen LogP contribution in [0.1, 0.15) is 0 Å². The van der Waals surface area contributed by atoms with Gasteiger partial charge in [0.05, 0.1) is 16.7 Å². The molecule has 0 radical (unpaired) electrons. The van der Waals surface area contributed by atoms with Crippen molar-refractivity contribution in [2.75, 3.05) is 0 Å². The van der Waals surface area contributed by atoms with Gasteiger partial charge in [0.2, 0.25) is 0 Å². The van der Waals surface area contributed by atoms with Crippen molar-refractivity contribution in [3.05, 3.63) is 212 Å². The highest BCUT2D eigenvalue weighted by molar-refractivity contribution is 7.25. The summed E-state index contributed by atoms with van der Waals surface area (Å²) in [7, 11) is 0. The van der Waals surface area contributed by atoms with Crippen LogP contribution in [0.3, 0.4) is 0 Å². The molecule has 0 aliphatic heterocycles. The molecule has 0 bridgehead atoms. The second-order valence-corrected chi connectivity index (χ2v) is 17.0. The van der Waals surface area contributed by atoms with Crippen molar-refractivity contribution >= 4 is 96.4 Å². The van der Waals surface area contributed by atoms with Gasteiger partial charge in [0.1, 0.15) is 0 Å². The van der Waals surface area contributed by atoms with Crippen molar-refractivity contribution in [2.45, 2.75) is 0 Å². The molecule has 0 amide bonds. The molecule has 2 aromatic heterocycles.